The molecule has 1 aliphatic rings. The van der Waals surface area contributed by atoms with Crippen molar-refractivity contribution >= 4 is 32.2 Å². The van der Waals surface area contributed by atoms with E-state index in [-0.39, 0.29) is 0 Å². The van der Waals surface area contributed by atoms with Crippen molar-refractivity contribution in [2.75, 3.05) is 63.2 Å². The Labute approximate surface area is 202 Å². The van der Waals surface area contributed by atoms with Crippen molar-refractivity contribution in [1.29, 1.82) is 0 Å². The zero-order valence-electron chi connectivity index (χ0n) is 19.9. The molecule has 3 aromatic rings. The summed E-state index contributed by atoms with van der Waals surface area (Å²) in [7, 11) is 0.327. The molecule has 1 heterocycles. The molecule has 0 amide bonds. The number of sulfonamides is 1. The summed E-state index contributed by atoms with van der Waals surface area (Å²) < 4.78 is 28.9. The molecule has 3 aromatic carbocycles. The number of benzene rings is 3. The monoisotopic (exact) mass is 482 g/mol. The Bertz CT molecular complexity index is 1220. The topological polar surface area (TPSA) is 76.1 Å². The van der Waals surface area contributed by atoms with Crippen LogP contribution < -0.4 is 14.5 Å². The standard InChI is InChI=1S/C26H34N4O3S/c1-28(2)23-12-7-10-22-21(23)9-8-14-26(22)34(32,33)27-15-5-6-16-29-17-19-30(20-18-29)24-11-3-4-13-25(24)31/h3-4,7-14,27,31H,5-6,15-20H2,1-2H3. The van der Waals surface area contributed by atoms with E-state index >= 15 is 0 Å². The van der Waals surface area contributed by atoms with Gasteiger partial charge >= 0.3 is 0 Å². The second kappa shape index (κ2) is 10.6. The molecule has 0 radical (unpaired) electrons. The van der Waals surface area contributed by atoms with E-state index in [2.05, 4.69) is 14.5 Å². The van der Waals surface area contributed by atoms with Crippen LogP contribution in [0.1, 0.15) is 12.8 Å². The summed E-state index contributed by atoms with van der Waals surface area (Å²) in [6.07, 6.45) is 1.71. The van der Waals surface area contributed by atoms with Gasteiger partial charge in [-0.1, -0.05) is 36.4 Å². The van der Waals surface area contributed by atoms with Gasteiger partial charge in [-0.3, -0.25) is 4.90 Å². The Morgan fingerprint density at radius 1 is 0.882 bits per heavy atom. The number of hydrogen-bond acceptors (Lipinski definition) is 6. The van der Waals surface area contributed by atoms with Crippen LogP contribution in [0.25, 0.3) is 10.8 Å². The van der Waals surface area contributed by atoms with Crippen molar-refractivity contribution in [1.82, 2.24) is 9.62 Å². The zero-order chi connectivity index (χ0) is 24.1. The number of aromatic hydroxyl groups is 1. The molecule has 0 aromatic heterocycles. The second-order valence-corrected chi connectivity index (χ2v) is 10.7. The summed E-state index contributed by atoms with van der Waals surface area (Å²) in [5.41, 5.74) is 1.89. The minimum absolute atomic E-state index is 0.326. The average Bonchev–Trinajstić information content (AvgIpc) is 2.83. The molecule has 0 spiro atoms. The van der Waals surface area contributed by atoms with Crippen LogP contribution in [0.5, 0.6) is 5.75 Å². The first kappa shape index (κ1) is 24.3. The number of nitrogens with zero attached hydrogens (tertiary/aromatic N) is 3. The van der Waals surface area contributed by atoms with Crippen LogP contribution >= 0.6 is 0 Å². The van der Waals surface area contributed by atoms with E-state index in [0.717, 1.165) is 67.7 Å². The molecule has 0 unspecified atom stereocenters. The molecule has 7 nitrogen and oxygen atoms in total. The lowest BCUT2D eigenvalue weighted by molar-refractivity contribution is 0.252. The Hall–Kier alpha value is -2.81. The number of phenolic OH excluding ortho intramolecular Hbond substituents is 1. The maximum absolute atomic E-state index is 13.0. The molecule has 182 valence electrons. The van der Waals surface area contributed by atoms with Gasteiger partial charge in [-0.2, -0.15) is 0 Å². The lowest BCUT2D eigenvalue weighted by Crippen LogP contribution is -2.46. The summed E-state index contributed by atoms with van der Waals surface area (Å²) in [5.74, 6) is 0.326. The SMILES string of the molecule is CN(C)c1cccc2c(S(=O)(=O)NCCCCN3CCN(c4ccccc4O)CC3)cccc12. The third-order valence-electron chi connectivity index (χ3n) is 6.42. The van der Waals surface area contributed by atoms with Crippen LogP contribution in [0, 0.1) is 0 Å². The van der Waals surface area contributed by atoms with Gasteiger partial charge in [-0.05, 0) is 43.7 Å². The van der Waals surface area contributed by atoms with E-state index in [1.807, 2.05) is 61.5 Å². The third kappa shape index (κ3) is 5.46. The molecule has 1 aliphatic heterocycles. The first-order valence-electron chi connectivity index (χ1n) is 11.8. The quantitative estimate of drug-likeness (QED) is 0.455. The second-order valence-electron chi connectivity index (χ2n) is 8.95. The minimum atomic E-state index is -3.59. The fraction of sp³-hybridized carbons (Fsp3) is 0.385. The van der Waals surface area contributed by atoms with E-state index in [4.69, 9.17) is 0 Å². The number of nitrogens with one attached hydrogen (secondary N) is 1. The van der Waals surface area contributed by atoms with Crippen LogP contribution in [0.3, 0.4) is 0 Å². The molecule has 8 heteroatoms. The molecule has 2 N–H and O–H groups in total. The maximum atomic E-state index is 13.0. The first-order valence-corrected chi connectivity index (χ1v) is 13.3. The smallest absolute Gasteiger partial charge is 0.241 e. The van der Waals surface area contributed by atoms with E-state index in [9.17, 15) is 13.5 Å². The highest BCUT2D eigenvalue weighted by Crippen LogP contribution is 2.30. The largest absolute Gasteiger partial charge is 0.506 e. The number of fused-ring (bicyclic) bond motifs is 1. The summed E-state index contributed by atoms with van der Waals surface area (Å²) in [4.78, 5) is 6.94. The predicted molar refractivity (Wildman–Crippen MR) is 139 cm³/mol. The van der Waals surface area contributed by atoms with Crippen molar-refractivity contribution in [3.8, 4) is 5.75 Å². The Balaban J connectivity index is 1.26. The summed E-state index contributed by atoms with van der Waals surface area (Å²) in [5, 5.41) is 11.7. The number of para-hydroxylation sites is 2. The molecular formula is C26H34N4O3S. The number of anilines is 2. The first-order chi connectivity index (χ1) is 16.4. The molecule has 4 rings (SSSR count). The normalized spacial score (nSPS) is 15.1. The van der Waals surface area contributed by atoms with Gasteiger partial charge < -0.3 is 14.9 Å². The fourth-order valence-corrected chi connectivity index (χ4v) is 5.87. The lowest BCUT2D eigenvalue weighted by Gasteiger charge is -2.36. The van der Waals surface area contributed by atoms with Crippen molar-refractivity contribution in [2.45, 2.75) is 17.7 Å². The highest BCUT2D eigenvalue weighted by atomic mass is 32.2. The summed E-state index contributed by atoms with van der Waals surface area (Å²) >= 11 is 0. The molecule has 0 aliphatic carbocycles. The minimum Gasteiger partial charge on any atom is -0.506 e. The lowest BCUT2D eigenvalue weighted by atomic mass is 10.1. The summed E-state index contributed by atoms with van der Waals surface area (Å²) in [6, 6.07) is 18.7. The number of phenols is 1. The number of piperazine rings is 1. The third-order valence-corrected chi connectivity index (χ3v) is 7.94. The van der Waals surface area contributed by atoms with Crippen LogP contribution in [0.15, 0.2) is 65.6 Å². The zero-order valence-corrected chi connectivity index (χ0v) is 20.8. The van der Waals surface area contributed by atoms with Gasteiger partial charge in [0, 0.05) is 63.3 Å². The predicted octanol–water partition coefficient (Wildman–Crippen LogP) is 3.49. The molecular weight excluding hydrogens is 448 g/mol. The fourth-order valence-electron chi connectivity index (χ4n) is 4.58. The van der Waals surface area contributed by atoms with Crippen LogP contribution in [0.4, 0.5) is 11.4 Å². The van der Waals surface area contributed by atoms with E-state index in [1.54, 1.807) is 18.2 Å². The Morgan fingerprint density at radius 2 is 1.59 bits per heavy atom. The molecule has 0 atom stereocenters. The molecule has 34 heavy (non-hydrogen) atoms. The van der Waals surface area contributed by atoms with Crippen molar-refractivity contribution in [2.24, 2.45) is 0 Å². The number of rotatable bonds is 9. The van der Waals surface area contributed by atoms with E-state index in [1.165, 1.54) is 0 Å². The van der Waals surface area contributed by atoms with Gasteiger partial charge in [0.05, 0.1) is 10.6 Å². The number of hydrogen-bond donors (Lipinski definition) is 2. The average molecular weight is 483 g/mol. The highest BCUT2D eigenvalue weighted by Gasteiger charge is 2.20. The molecule has 1 saturated heterocycles. The van der Waals surface area contributed by atoms with Crippen molar-refractivity contribution < 1.29 is 13.5 Å². The van der Waals surface area contributed by atoms with Crippen molar-refractivity contribution in [3.63, 3.8) is 0 Å². The number of unbranched alkanes of at least 4 members (excludes halogenated alkanes) is 1. The van der Waals surface area contributed by atoms with Gasteiger partial charge in [0.2, 0.25) is 10.0 Å². The van der Waals surface area contributed by atoms with E-state index < -0.39 is 10.0 Å². The molecule has 1 fully saturated rings. The summed E-state index contributed by atoms with van der Waals surface area (Å²) in [6.45, 7) is 4.98. The van der Waals surface area contributed by atoms with Gasteiger partial charge in [0.1, 0.15) is 5.75 Å². The Kier molecular flexibility index (Phi) is 7.60. The van der Waals surface area contributed by atoms with Gasteiger partial charge in [0.15, 0.2) is 0 Å². The van der Waals surface area contributed by atoms with Crippen LogP contribution in [-0.2, 0) is 10.0 Å². The van der Waals surface area contributed by atoms with Crippen molar-refractivity contribution in [3.05, 3.63) is 60.7 Å². The van der Waals surface area contributed by atoms with Gasteiger partial charge in [0.25, 0.3) is 0 Å². The maximum Gasteiger partial charge on any atom is 0.241 e. The highest BCUT2D eigenvalue weighted by molar-refractivity contribution is 7.89. The Morgan fingerprint density at radius 3 is 2.32 bits per heavy atom. The van der Waals surface area contributed by atoms with Gasteiger partial charge in [-0.25, -0.2) is 13.1 Å². The van der Waals surface area contributed by atoms with Crippen LogP contribution in [-0.4, -0.2) is 71.8 Å². The molecule has 0 saturated carbocycles. The van der Waals surface area contributed by atoms with E-state index in [0.29, 0.717) is 17.2 Å². The van der Waals surface area contributed by atoms with Gasteiger partial charge in [-0.15, -0.1) is 0 Å². The van der Waals surface area contributed by atoms with Crippen LogP contribution in [0.2, 0.25) is 0 Å². The molecule has 0 bridgehead atoms.